The van der Waals surface area contributed by atoms with E-state index in [9.17, 15) is 0 Å². The number of ether oxygens (including phenoxy) is 3. The van der Waals surface area contributed by atoms with Crippen LogP contribution in [0.5, 0.6) is 11.5 Å². The van der Waals surface area contributed by atoms with Crippen LogP contribution in [-0.4, -0.2) is 40.0 Å². The molecule has 1 aromatic rings. The Bertz CT molecular complexity index is 328. The summed E-state index contributed by atoms with van der Waals surface area (Å²) >= 11 is 0. The van der Waals surface area contributed by atoms with Crippen molar-refractivity contribution in [3.8, 4) is 11.5 Å². The molecule has 0 N–H and O–H groups in total. The van der Waals surface area contributed by atoms with Crippen molar-refractivity contribution in [1.82, 2.24) is 4.90 Å². The van der Waals surface area contributed by atoms with Crippen molar-refractivity contribution in [3.05, 3.63) is 23.8 Å². The fourth-order valence-corrected chi connectivity index (χ4v) is 1.54. The summed E-state index contributed by atoms with van der Waals surface area (Å²) in [5, 5.41) is 0. The lowest BCUT2D eigenvalue weighted by Gasteiger charge is -2.17. The van der Waals surface area contributed by atoms with Gasteiger partial charge in [0.15, 0.2) is 0 Å². The first-order valence-electron chi connectivity index (χ1n) is 5.09. The molecular formula is C12H19NO3. The number of benzene rings is 1. The van der Waals surface area contributed by atoms with Gasteiger partial charge in [0.2, 0.25) is 0 Å². The highest BCUT2D eigenvalue weighted by Crippen LogP contribution is 2.25. The van der Waals surface area contributed by atoms with Crippen molar-refractivity contribution < 1.29 is 14.2 Å². The molecule has 0 atom stereocenters. The highest BCUT2D eigenvalue weighted by atomic mass is 16.5. The summed E-state index contributed by atoms with van der Waals surface area (Å²) in [7, 11) is 6.98. The van der Waals surface area contributed by atoms with Crippen molar-refractivity contribution in [1.29, 1.82) is 0 Å². The molecule has 1 aromatic carbocycles. The van der Waals surface area contributed by atoms with E-state index < -0.39 is 0 Å². The Labute approximate surface area is 96.7 Å². The molecule has 0 fully saturated rings. The normalized spacial score (nSPS) is 10.6. The van der Waals surface area contributed by atoms with E-state index in [1.165, 1.54) is 0 Å². The molecule has 1 rings (SSSR count). The maximum Gasteiger partial charge on any atom is 0.127 e. The number of methoxy groups -OCH3 is 3. The van der Waals surface area contributed by atoms with Crippen LogP contribution in [0.1, 0.15) is 5.56 Å². The van der Waals surface area contributed by atoms with E-state index >= 15 is 0 Å². The highest BCUT2D eigenvalue weighted by Gasteiger charge is 2.07. The summed E-state index contributed by atoms with van der Waals surface area (Å²) < 4.78 is 15.5. The Morgan fingerprint density at radius 3 is 2.44 bits per heavy atom. The first-order chi connectivity index (χ1) is 7.71. The molecule has 4 heteroatoms. The maximum atomic E-state index is 5.32. The van der Waals surface area contributed by atoms with Gasteiger partial charge in [-0.15, -0.1) is 0 Å². The van der Waals surface area contributed by atoms with Crippen LogP contribution in [0.25, 0.3) is 0 Å². The van der Waals surface area contributed by atoms with Crippen LogP contribution in [-0.2, 0) is 11.3 Å². The van der Waals surface area contributed by atoms with Gasteiger partial charge in [0.05, 0.1) is 21.0 Å². The Morgan fingerprint density at radius 1 is 1.12 bits per heavy atom. The van der Waals surface area contributed by atoms with Crippen LogP contribution >= 0.6 is 0 Å². The molecule has 0 aliphatic carbocycles. The second-order valence-corrected chi connectivity index (χ2v) is 3.61. The van der Waals surface area contributed by atoms with E-state index in [1.54, 1.807) is 21.3 Å². The Balaban J connectivity index is 2.78. The van der Waals surface area contributed by atoms with Gasteiger partial charge in [0.25, 0.3) is 0 Å². The minimum atomic E-state index is 0.592. The Hall–Kier alpha value is -1.26. The van der Waals surface area contributed by atoms with Gasteiger partial charge in [-0.05, 0) is 13.1 Å². The van der Waals surface area contributed by atoms with E-state index in [0.717, 1.165) is 23.6 Å². The molecule has 0 saturated carbocycles. The van der Waals surface area contributed by atoms with E-state index in [2.05, 4.69) is 4.90 Å². The molecule has 0 aliphatic rings. The summed E-state index contributed by atoms with van der Waals surface area (Å²) in [5.74, 6) is 1.64. The molecule has 0 amide bonds. The average Bonchev–Trinajstić information content (AvgIpc) is 2.30. The summed E-state index contributed by atoms with van der Waals surface area (Å²) in [6.45, 7) is 1.37. The second kappa shape index (κ2) is 6.35. The molecule has 0 aromatic heterocycles. The average molecular weight is 225 g/mol. The van der Waals surface area contributed by atoms with E-state index in [0.29, 0.717) is 6.73 Å². The molecule has 0 saturated heterocycles. The van der Waals surface area contributed by atoms with Crippen LogP contribution in [0.3, 0.4) is 0 Å². The molecule has 0 radical (unpaired) electrons. The van der Waals surface area contributed by atoms with Crippen molar-refractivity contribution in [2.45, 2.75) is 6.54 Å². The van der Waals surface area contributed by atoms with Crippen molar-refractivity contribution in [2.24, 2.45) is 0 Å². The molecule has 0 bridgehead atoms. The molecule has 90 valence electrons. The van der Waals surface area contributed by atoms with Gasteiger partial charge < -0.3 is 14.2 Å². The number of hydrogen-bond acceptors (Lipinski definition) is 4. The summed E-state index contributed by atoms with van der Waals surface area (Å²) in [5.41, 5.74) is 1.11. The predicted molar refractivity (Wildman–Crippen MR) is 62.9 cm³/mol. The lowest BCUT2D eigenvalue weighted by molar-refractivity contribution is 0.0766. The van der Waals surface area contributed by atoms with Gasteiger partial charge in [-0.1, -0.05) is 6.07 Å². The third-order valence-corrected chi connectivity index (χ3v) is 2.28. The molecular weight excluding hydrogens is 206 g/mol. The van der Waals surface area contributed by atoms with Crippen LogP contribution in [0, 0.1) is 0 Å². The molecule has 0 unspecified atom stereocenters. The van der Waals surface area contributed by atoms with Crippen LogP contribution in [0.4, 0.5) is 0 Å². The summed E-state index contributed by atoms with van der Waals surface area (Å²) in [6, 6.07) is 5.82. The first kappa shape index (κ1) is 12.8. The van der Waals surface area contributed by atoms with Crippen molar-refractivity contribution in [3.63, 3.8) is 0 Å². The van der Waals surface area contributed by atoms with E-state index in [1.807, 2.05) is 25.2 Å². The standard InChI is InChI=1S/C12H19NO3/c1-13(9-14-2)8-10-5-6-11(15-3)7-12(10)16-4/h5-7H,8-9H2,1-4H3. The van der Waals surface area contributed by atoms with Gasteiger partial charge in [-0.2, -0.15) is 0 Å². The fourth-order valence-electron chi connectivity index (χ4n) is 1.54. The SMILES string of the molecule is COCN(C)Cc1ccc(OC)cc1OC. The van der Waals surface area contributed by atoms with E-state index in [-0.39, 0.29) is 0 Å². The number of nitrogens with zero attached hydrogens (tertiary/aromatic N) is 1. The van der Waals surface area contributed by atoms with E-state index in [4.69, 9.17) is 14.2 Å². The molecule has 0 aliphatic heterocycles. The molecule has 0 heterocycles. The van der Waals surface area contributed by atoms with Gasteiger partial charge >= 0.3 is 0 Å². The van der Waals surface area contributed by atoms with Crippen LogP contribution in [0.15, 0.2) is 18.2 Å². The van der Waals surface area contributed by atoms with Gasteiger partial charge in [-0.25, -0.2) is 0 Å². The zero-order valence-electron chi connectivity index (χ0n) is 10.3. The topological polar surface area (TPSA) is 30.9 Å². The Kier molecular flexibility index (Phi) is 5.08. The minimum Gasteiger partial charge on any atom is -0.497 e. The zero-order chi connectivity index (χ0) is 12.0. The lowest BCUT2D eigenvalue weighted by Crippen LogP contribution is -2.20. The summed E-state index contributed by atoms with van der Waals surface area (Å²) in [6.07, 6.45) is 0. The largest absolute Gasteiger partial charge is 0.497 e. The predicted octanol–water partition coefficient (Wildman–Crippen LogP) is 1.74. The third kappa shape index (κ3) is 3.40. The fraction of sp³-hybridized carbons (Fsp3) is 0.500. The second-order valence-electron chi connectivity index (χ2n) is 3.61. The zero-order valence-corrected chi connectivity index (χ0v) is 10.3. The molecule has 0 spiro atoms. The smallest absolute Gasteiger partial charge is 0.127 e. The summed E-state index contributed by atoms with van der Waals surface area (Å²) in [4.78, 5) is 2.06. The van der Waals surface area contributed by atoms with Crippen molar-refractivity contribution >= 4 is 0 Å². The van der Waals surface area contributed by atoms with Crippen LogP contribution in [0.2, 0.25) is 0 Å². The monoisotopic (exact) mass is 225 g/mol. The number of rotatable bonds is 6. The minimum absolute atomic E-state index is 0.592. The Morgan fingerprint density at radius 2 is 1.88 bits per heavy atom. The van der Waals surface area contributed by atoms with Gasteiger partial charge in [-0.3, -0.25) is 4.90 Å². The number of hydrogen-bond donors (Lipinski definition) is 0. The lowest BCUT2D eigenvalue weighted by atomic mass is 10.2. The quantitative estimate of drug-likeness (QED) is 0.690. The van der Waals surface area contributed by atoms with Crippen LogP contribution < -0.4 is 9.47 Å². The highest BCUT2D eigenvalue weighted by molar-refractivity contribution is 5.40. The molecule has 4 nitrogen and oxygen atoms in total. The van der Waals surface area contributed by atoms with Crippen molar-refractivity contribution in [2.75, 3.05) is 35.1 Å². The van der Waals surface area contributed by atoms with Gasteiger partial charge in [0, 0.05) is 25.3 Å². The maximum absolute atomic E-state index is 5.32. The molecule has 16 heavy (non-hydrogen) atoms. The third-order valence-electron chi connectivity index (χ3n) is 2.28. The van der Waals surface area contributed by atoms with Gasteiger partial charge in [0.1, 0.15) is 11.5 Å². The first-order valence-corrected chi connectivity index (χ1v) is 5.09.